The van der Waals surface area contributed by atoms with E-state index >= 15 is 0 Å². The summed E-state index contributed by atoms with van der Waals surface area (Å²) in [7, 11) is 0. The number of piperidine rings is 1. The molecule has 2 fully saturated rings. The van der Waals surface area contributed by atoms with Crippen LogP contribution in [0.4, 0.5) is 0 Å². The van der Waals surface area contributed by atoms with Gasteiger partial charge in [0.15, 0.2) is 5.78 Å². The Labute approximate surface area is 78.1 Å². The van der Waals surface area contributed by atoms with Gasteiger partial charge in [0.25, 0.3) is 0 Å². The van der Waals surface area contributed by atoms with Crippen LogP contribution in [0.2, 0.25) is 0 Å². The molecule has 1 aliphatic heterocycles. The van der Waals surface area contributed by atoms with E-state index in [0.29, 0.717) is 13.0 Å². The smallest absolute Gasteiger partial charge is 0.222 e. The van der Waals surface area contributed by atoms with Crippen LogP contribution < -0.4 is 0 Å². The standard InChI is InChI=1S/C10H15NO2/c12-9(8-4-5-8)7-11-6-2-1-3-10(11)13/h8H,1-7H2. The average molecular weight is 181 g/mol. The summed E-state index contributed by atoms with van der Waals surface area (Å²) in [5.41, 5.74) is 0. The zero-order valence-electron chi connectivity index (χ0n) is 7.79. The highest BCUT2D eigenvalue weighted by Crippen LogP contribution is 2.30. The average Bonchev–Trinajstić information content (AvgIpc) is 2.91. The Morgan fingerprint density at radius 3 is 2.77 bits per heavy atom. The quantitative estimate of drug-likeness (QED) is 0.650. The van der Waals surface area contributed by atoms with Crippen LogP contribution in [0.15, 0.2) is 0 Å². The molecule has 0 spiro atoms. The molecule has 1 aliphatic carbocycles. The first-order valence-corrected chi connectivity index (χ1v) is 5.08. The highest BCUT2D eigenvalue weighted by atomic mass is 16.2. The Morgan fingerprint density at radius 2 is 2.15 bits per heavy atom. The van der Waals surface area contributed by atoms with Gasteiger partial charge in [0, 0.05) is 18.9 Å². The van der Waals surface area contributed by atoms with Crippen LogP contribution in [0.25, 0.3) is 0 Å². The number of carbonyl (C=O) groups is 2. The minimum absolute atomic E-state index is 0.167. The number of carbonyl (C=O) groups excluding carboxylic acids is 2. The SMILES string of the molecule is O=C(CN1CCCCC1=O)C1CC1. The molecule has 0 N–H and O–H groups in total. The van der Waals surface area contributed by atoms with E-state index in [1.807, 2.05) is 0 Å². The first-order chi connectivity index (χ1) is 6.27. The molecule has 3 heteroatoms. The summed E-state index contributed by atoms with van der Waals surface area (Å²) < 4.78 is 0. The van der Waals surface area contributed by atoms with E-state index < -0.39 is 0 Å². The summed E-state index contributed by atoms with van der Waals surface area (Å²) in [6, 6.07) is 0. The number of Topliss-reactive ketones (excluding diaryl/α,β-unsaturated/α-hetero) is 1. The van der Waals surface area contributed by atoms with Gasteiger partial charge in [-0.15, -0.1) is 0 Å². The van der Waals surface area contributed by atoms with Gasteiger partial charge in [-0.2, -0.15) is 0 Å². The highest BCUT2D eigenvalue weighted by Gasteiger charge is 2.31. The summed E-state index contributed by atoms with van der Waals surface area (Å²) in [6.07, 6.45) is 4.77. The van der Waals surface area contributed by atoms with Crippen molar-refractivity contribution in [3.8, 4) is 0 Å². The molecule has 0 aromatic heterocycles. The number of amides is 1. The first kappa shape index (κ1) is 8.73. The largest absolute Gasteiger partial charge is 0.335 e. The van der Waals surface area contributed by atoms with E-state index in [1.54, 1.807) is 4.90 Å². The lowest BCUT2D eigenvalue weighted by atomic mass is 10.1. The molecule has 0 aromatic rings. The van der Waals surface area contributed by atoms with Gasteiger partial charge in [0.05, 0.1) is 6.54 Å². The second-order valence-corrected chi connectivity index (χ2v) is 4.01. The van der Waals surface area contributed by atoms with E-state index in [9.17, 15) is 9.59 Å². The van der Waals surface area contributed by atoms with Gasteiger partial charge in [-0.05, 0) is 25.7 Å². The van der Waals surface area contributed by atoms with Crippen molar-refractivity contribution in [2.75, 3.05) is 13.1 Å². The molecule has 1 heterocycles. The molecule has 1 saturated heterocycles. The highest BCUT2D eigenvalue weighted by molar-refractivity contribution is 5.89. The second kappa shape index (κ2) is 3.48. The lowest BCUT2D eigenvalue weighted by Crippen LogP contribution is -2.39. The van der Waals surface area contributed by atoms with Crippen molar-refractivity contribution >= 4 is 11.7 Å². The number of likely N-dealkylation sites (tertiary alicyclic amines) is 1. The van der Waals surface area contributed by atoms with Gasteiger partial charge in [0.1, 0.15) is 0 Å². The second-order valence-electron chi connectivity index (χ2n) is 4.01. The van der Waals surface area contributed by atoms with Crippen LogP contribution in [-0.2, 0) is 9.59 Å². The van der Waals surface area contributed by atoms with Crippen molar-refractivity contribution in [1.29, 1.82) is 0 Å². The molecule has 2 rings (SSSR count). The Kier molecular flexibility index (Phi) is 2.34. The summed E-state index contributed by atoms with van der Waals surface area (Å²) in [6.45, 7) is 1.17. The fourth-order valence-corrected chi connectivity index (χ4v) is 1.75. The van der Waals surface area contributed by atoms with Gasteiger partial charge in [-0.1, -0.05) is 0 Å². The molecule has 0 aromatic carbocycles. The van der Waals surface area contributed by atoms with Crippen LogP contribution in [0, 0.1) is 5.92 Å². The Morgan fingerprint density at radius 1 is 1.38 bits per heavy atom. The van der Waals surface area contributed by atoms with E-state index in [1.165, 1.54) is 0 Å². The number of hydrogen-bond acceptors (Lipinski definition) is 2. The molecule has 3 nitrogen and oxygen atoms in total. The molecule has 0 unspecified atom stereocenters. The van der Waals surface area contributed by atoms with Crippen LogP contribution in [0.5, 0.6) is 0 Å². The third-order valence-electron chi connectivity index (χ3n) is 2.80. The fourth-order valence-electron chi connectivity index (χ4n) is 1.75. The maximum absolute atomic E-state index is 11.4. The molecule has 1 amide bonds. The summed E-state index contributed by atoms with van der Waals surface area (Å²) >= 11 is 0. The molecule has 2 aliphatic rings. The minimum Gasteiger partial charge on any atom is -0.335 e. The molecule has 0 bridgehead atoms. The number of rotatable bonds is 3. The fraction of sp³-hybridized carbons (Fsp3) is 0.800. The Bertz CT molecular complexity index is 233. The van der Waals surface area contributed by atoms with Gasteiger partial charge in [0.2, 0.25) is 5.91 Å². The van der Waals surface area contributed by atoms with Crippen molar-refractivity contribution in [3.63, 3.8) is 0 Å². The molecular weight excluding hydrogens is 166 g/mol. The molecule has 72 valence electrons. The normalized spacial score (nSPS) is 23.4. The van der Waals surface area contributed by atoms with E-state index in [-0.39, 0.29) is 17.6 Å². The monoisotopic (exact) mass is 181 g/mol. The van der Waals surface area contributed by atoms with E-state index in [4.69, 9.17) is 0 Å². The van der Waals surface area contributed by atoms with Crippen molar-refractivity contribution < 1.29 is 9.59 Å². The molecule has 13 heavy (non-hydrogen) atoms. The van der Waals surface area contributed by atoms with Crippen LogP contribution >= 0.6 is 0 Å². The zero-order valence-corrected chi connectivity index (χ0v) is 7.79. The van der Waals surface area contributed by atoms with E-state index in [2.05, 4.69) is 0 Å². The number of ketones is 1. The van der Waals surface area contributed by atoms with Crippen molar-refractivity contribution in [2.45, 2.75) is 32.1 Å². The van der Waals surface area contributed by atoms with Crippen molar-refractivity contribution in [1.82, 2.24) is 4.90 Å². The maximum Gasteiger partial charge on any atom is 0.222 e. The minimum atomic E-state index is 0.167. The molecule has 1 saturated carbocycles. The van der Waals surface area contributed by atoms with Crippen LogP contribution in [0.1, 0.15) is 32.1 Å². The van der Waals surface area contributed by atoms with Gasteiger partial charge < -0.3 is 4.90 Å². The predicted molar refractivity (Wildman–Crippen MR) is 48.2 cm³/mol. The van der Waals surface area contributed by atoms with Crippen molar-refractivity contribution in [3.05, 3.63) is 0 Å². The van der Waals surface area contributed by atoms with Gasteiger partial charge in [-0.3, -0.25) is 9.59 Å². The summed E-state index contributed by atoms with van der Waals surface area (Å²) in [5.74, 6) is 0.727. The Balaban J connectivity index is 1.84. The number of hydrogen-bond donors (Lipinski definition) is 0. The Hall–Kier alpha value is -0.860. The third-order valence-corrected chi connectivity index (χ3v) is 2.80. The molecule has 0 radical (unpaired) electrons. The van der Waals surface area contributed by atoms with Crippen molar-refractivity contribution in [2.24, 2.45) is 5.92 Å². The third kappa shape index (κ3) is 2.08. The van der Waals surface area contributed by atoms with Gasteiger partial charge >= 0.3 is 0 Å². The molecular formula is C10H15NO2. The lowest BCUT2D eigenvalue weighted by Gasteiger charge is -2.25. The van der Waals surface area contributed by atoms with Gasteiger partial charge in [-0.25, -0.2) is 0 Å². The van der Waals surface area contributed by atoms with Crippen LogP contribution in [-0.4, -0.2) is 29.7 Å². The number of nitrogens with zero attached hydrogens (tertiary/aromatic N) is 1. The molecule has 0 atom stereocenters. The lowest BCUT2D eigenvalue weighted by molar-refractivity contribution is -0.137. The van der Waals surface area contributed by atoms with Crippen LogP contribution in [0.3, 0.4) is 0 Å². The zero-order chi connectivity index (χ0) is 9.26. The topological polar surface area (TPSA) is 37.4 Å². The van der Waals surface area contributed by atoms with E-state index in [0.717, 1.165) is 32.2 Å². The maximum atomic E-state index is 11.4. The summed E-state index contributed by atoms with van der Waals surface area (Å²) in [5, 5.41) is 0. The summed E-state index contributed by atoms with van der Waals surface area (Å²) in [4.78, 5) is 24.5. The first-order valence-electron chi connectivity index (χ1n) is 5.08. The predicted octanol–water partition coefficient (Wildman–Crippen LogP) is 0.978.